The summed E-state index contributed by atoms with van der Waals surface area (Å²) in [5.41, 5.74) is 8.14. The van der Waals surface area contributed by atoms with Crippen molar-refractivity contribution in [1.82, 2.24) is 0 Å². The highest BCUT2D eigenvalue weighted by atomic mass is 35.5. The van der Waals surface area contributed by atoms with Gasteiger partial charge < -0.3 is 10.6 Å². The predicted molar refractivity (Wildman–Crippen MR) is 65.3 cm³/mol. The normalized spacial score (nSPS) is 21.0. The molecule has 2 nitrogen and oxygen atoms in total. The standard InChI is InChI=1S/C12H17ClN2/c1-9-4-5-15(8-9)12-6-11(13)3-2-10(12)7-14/h2-3,6,9H,4-5,7-8,14H2,1H3. The van der Waals surface area contributed by atoms with Crippen LogP contribution in [0.1, 0.15) is 18.9 Å². The zero-order valence-electron chi connectivity index (χ0n) is 9.04. The van der Waals surface area contributed by atoms with E-state index in [0.717, 1.165) is 24.0 Å². The Morgan fingerprint density at radius 3 is 2.93 bits per heavy atom. The Hall–Kier alpha value is -0.730. The van der Waals surface area contributed by atoms with E-state index in [-0.39, 0.29) is 0 Å². The fourth-order valence-corrected chi connectivity index (χ4v) is 2.32. The van der Waals surface area contributed by atoms with Crippen LogP contribution in [0, 0.1) is 5.92 Å². The highest BCUT2D eigenvalue weighted by molar-refractivity contribution is 6.30. The zero-order chi connectivity index (χ0) is 10.8. The maximum Gasteiger partial charge on any atom is 0.0426 e. The number of nitrogens with two attached hydrogens (primary N) is 1. The minimum Gasteiger partial charge on any atom is -0.371 e. The molecule has 1 fully saturated rings. The largest absolute Gasteiger partial charge is 0.371 e. The first-order valence-corrected chi connectivity index (χ1v) is 5.82. The molecule has 0 aromatic heterocycles. The maximum absolute atomic E-state index is 6.02. The van der Waals surface area contributed by atoms with Crippen LogP contribution in [0.3, 0.4) is 0 Å². The van der Waals surface area contributed by atoms with Gasteiger partial charge in [-0.1, -0.05) is 24.6 Å². The second kappa shape index (κ2) is 4.42. The summed E-state index contributed by atoms with van der Waals surface area (Å²) in [5, 5.41) is 0.793. The van der Waals surface area contributed by atoms with Crippen LogP contribution < -0.4 is 10.6 Å². The molecule has 1 heterocycles. The van der Waals surface area contributed by atoms with Crippen LogP contribution in [0.4, 0.5) is 5.69 Å². The Kier molecular flexibility index (Phi) is 3.17. The first-order valence-electron chi connectivity index (χ1n) is 5.44. The number of anilines is 1. The molecule has 82 valence electrons. The van der Waals surface area contributed by atoms with Crippen molar-refractivity contribution in [3.8, 4) is 0 Å². The van der Waals surface area contributed by atoms with Gasteiger partial charge in [0.25, 0.3) is 0 Å². The van der Waals surface area contributed by atoms with Crippen molar-refractivity contribution in [2.75, 3.05) is 18.0 Å². The minimum atomic E-state index is 0.581. The third kappa shape index (κ3) is 2.27. The van der Waals surface area contributed by atoms with Gasteiger partial charge in [-0.2, -0.15) is 0 Å². The third-order valence-electron chi connectivity index (χ3n) is 3.03. The topological polar surface area (TPSA) is 29.3 Å². The zero-order valence-corrected chi connectivity index (χ0v) is 9.80. The number of hydrogen-bond acceptors (Lipinski definition) is 2. The lowest BCUT2D eigenvalue weighted by atomic mass is 10.1. The van der Waals surface area contributed by atoms with Crippen LogP contribution in [0.5, 0.6) is 0 Å². The van der Waals surface area contributed by atoms with Gasteiger partial charge in [0.05, 0.1) is 0 Å². The van der Waals surface area contributed by atoms with Crippen LogP contribution in [0.15, 0.2) is 18.2 Å². The quantitative estimate of drug-likeness (QED) is 0.837. The number of rotatable bonds is 2. The lowest BCUT2D eigenvalue weighted by Gasteiger charge is -2.21. The number of halogens is 1. The second-order valence-electron chi connectivity index (χ2n) is 4.32. The van der Waals surface area contributed by atoms with E-state index < -0.39 is 0 Å². The van der Waals surface area contributed by atoms with Gasteiger partial charge in [0.1, 0.15) is 0 Å². The Morgan fingerprint density at radius 1 is 1.53 bits per heavy atom. The average Bonchev–Trinajstić information content (AvgIpc) is 2.65. The van der Waals surface area contributed by atoms with Gasteiger partial charge in [-0.3, -0.25) is 0 Å². The molecule has 1 saturated heterocycles. The van der Waals surface area contributed by atoms with Crippen LogP contribution in [-0.2, 0) is 6.54 Å². The summed E-state index contributed by atoms with van der Waals surface area (Å²) in [6, 6.07) is 5.97. The van der Waals surface area contributed by atoms with Gasteiger partial charge in [-0.15, -0.1) is 0 Å². The number of benzene rings is 1. The van der Waals surface area contributed by atoms with Crippen LogP contribution >= 0.6 is 11.6 Å². The molecule has 0 bridgehead atoms. The smallest absolute Gasteiger partial charge is 0.0426 e. The van der Waals surface area contributed by atoms with Crippen molar-refractivity contribution in [2.24, 2.45) is 11.7 Å². The lowest BCUT2D eigenvalue weighted by molar-refractivity contribution is 0.659. The van der Waals surface area contributed by atoms with Gasteiger partial charge in [0.2, 0.25) is 0 Å². The molecule has 0 amide bonds. The van der Waals surface area contributed by atoms with Gasteiger partial charge in [0.15, 0.2) is 0 Å². The lowest BCUT2D eigenvalue weighted by Crippen LogP contribution is -2.21. The van der Waals surface area contributed by atoms with Crippen molar-refractivity contribution >= 4 is 17.3 Å². The highest BCUT2D eigenvalue weighted by Crippen LogP contribution is 2.29. The predicted octanol–water partition coefficient (Wildman–Crippen LogP) is 2.64. The van der Waals surface area contributed by atoms with Crippen molar-refractivity contribution in [2.45, 2.75) is 19.9 Å². The van der Waals surface area contributed by atoms with Gasteiger partial charge in [-0.05, 0) is 30.0 Å². The molecule has 1 aliphatic heterocycles. The van der Waals surface area contributed by atoms with E-state index in [0.29, 0.717) is 6.54 Å². The Bertz CT molecular complexity index is 351. The molecule has 1 aromatic carbocycles. The summed E-state index contributed by atoms with van der Waals surface area (Å²) in [7, 11) is 0. The molecule has 1 unspecified atom stereocenters. The fourth-order valence-electron chi connectivity index (χ4n) is 2.16. The molecule has 1 atom stereocenters. The Labute approximate surface area is 96.0 Å². The highest BCUT2D eigenvalue weighted by Gasteiger charge is 2.20. The average molecular weight is 225 g/mol. The molecule has 15 heavy (non-hydrogen) atoms. The van der Waals surface area contributed by atoms with Crippen molar-refractivity contribution in [1.29, 1.82) is 0 Å². The van der Waals surface area contributed by atoms with E-state index >= 15 is 0 Å². The molecule has 1 aliphatic rings. The molecule has 0 saturated carbocycles. The summed E-state index contributed by atoms with van der Waals surface area (Å²) in [6.07, 6.45) is 1.26. The molecular formula is C12H17ClN2. The monoisotopic (exact) mass is 224 g/mol. The number of hydrogen-bond donors (Lipinski definition) is 1. The molecule has 0 radical (unpaired) electrons. The van der Waals surface area contributed by atoms with Gasteiger partial charge >= 0.3 is 0 Å². The van der Waals surface area contributed by atoms with Crippen molar-refractivity contribution in [3.05, 3.63) is 28.8 Å². The first-order chi connectivity index (χ1) is 7.20. The van der Waals surface area contributed by atoms with Crippen molar-refractivity contribution in [3.63, 3.8) is 0 Å². The molecule has 0 spiro atoms. The maximum atomic E-state index is 6.02. The van der Waals surface area contributed by atoms with Crippen molar-refractivity contribution < 1.29 is 0 Å². The first kappa shape index (κ1) is 10.8. The van der Waals surface area contributed by atoms with E-state index in [2.05, 4.69) is 11.8 Å². The minimum absolute atomic E-state index is 0.581. The molecule has 1 aromatic rings. The second-order valence-corrected chi connectivity index (χ2v) is 4.75. The Morgan fingerprint density at radius 2 is 2.33 bits per heavy atom. The number of nitrogens with zero attached hydrogens (tertiary/aromatic N) is 1. The van der Waals surface area contributed by atoms with E-state index in [1.807, 2.05) is 18.2 Å². The van der Waals surface area contributed by atoms with Crippen LogP contribution in [0.2, 0.25) is 5.02 Å². The Balaban J connectivity index is 2.29. The summed E-state index contributed by atoms with van der Waals surface area (Å²) >= 11 is 6.02. The van der Waals surface area contributed by atoms with Gasteiger partial charge in [-0.25, -0.2) is 0 Å². The van der Waals surface area contributed by atoms with Crippen LogP contribution in [0.25, 0.3) is 0 Å². The van der Waals surface area contributed by atoms with Crippen LogP contribution in [-0.4, -0.2) is 13.1 Å². The summed E-state index contributed by atoms with van der Waals surface area (Å²) in [4.78, 5) is 2.39. The molecular weight excluding hydrogens is 208 g/mol. The summed E-state index contributed by atoms with van der Waals surface area (Å²) in [6.45, 7) is 5.10. The fraction of sp³-hybridized carbons (Fsp3) is 0.500. The molecule has 2 N–H and O–H groups in total. The van der Waals surface area contributed by atoms with E-state index in [9.17, 15) is 0 Å². The third-order valence-corrected chi connectivity index (χ3v) is 3.27. The van der Waals surface area contributed by atoms with E-state index in [4.69, 9.17) is 17.3 Å². The SMILES string of the molecule is CC1CCN(c2cc(Cl)ccc2CN)C1. The molecule has 0 aliphatic carbocycles. The molecule has 3 heteroatoms. The summed E-state index contributed by atoms with van der Waals surface area (Å²) in [5.74, 6) is 0.773. The molecule has 2 rings (SSSR count). The van der Waals surface area contributed by atoms with Gasteiger partial charge in [0, 0.05) is 30.3 Å². The van der Waals surface area contributed by atoms with E-state index in [1.54, 1.807) is 0 Å². The summed E-state index contributed by atoms with van der Waals surface area (Å²) < 4.78 is 0. The van der Waals surface area contributed by atoms with E-state index in [1.165, 1.54) is 17.7 Å².